The lowest BCUT2D eigenvalue weighted by Crippen LogP contribution is -2.37. The lowest BCUT2D eigenvalue weighted by Gasteiger charge is -2.16. The minimum Gasteiger partial charge on any atom is -0.449 e. The van der Waals surface area contributed by atoms with Gasteiger partial charge in [0.25, 0.3) is 5.91 Å². The Balaban J connectivity index is 1.91. The Labute approximate surface area is 163 Å². The molecule has 1 unspecified atom stereocenters. The van der Waals surface area contributed by atoms with E-state index >= 15 is 0 Å². The zero-order valence-electron chi connectivity index (χ0n) is 15.5. The Bertz CT molecular complexity index is 857. The molecule has 0 fully saturated rings. The second-order valence-corrected chi connectivity index (χ2v) is 5.97. The lowest BCUT2D eigenvalue weighted by molar-refractivity contribution is -0.130. The average molecular weight is 379 g/mol. The number of carbonyl (C=O) groups excluding carboxylic acids is 3. The van der Waals surface area contributed by atoms with Gasteiger partial charge in [-0.1, -0.05) is 37.3 Å². The molecule has 0 saturated carbocycles. The summed E-state index contributed by atoms with van der Waals surface area (Å²) in [5.41, 5.74) is 1.67. The summed E-state index contributed by atoms with van der Waals surface area (Å²) in [4.78, 5) is 36.0. The first-order valence-corrected chi connectivity index (χ1v) is 8.83. The third-order valence-electron chi connectivity index (χ3n) is 3.87. The molecule has 28 heavy (non-hydrogen) atoms. The summed E-state index contributed by atoms with van der Waals surface area (Å²) >= 11 is 0. The van der Waals surface area contributed by atoms with Crippen LogP contribution in [0.5, 0.6) is 0 Å². The van der Waals surface area contributed by atoms with Crippen LogP contribution in [0, 0.1) is 11.3 Å². The second kappa shape index (κ2) is 10.5. The minimum atomic E-state index is -0.897. The summed E-state index contributed by atoms with van der Waals surface area (Å²) in [5.74, 6) is -1.42. The monoisotopic (exact) mass is 379 g/mol. The number of amides is 2. The van der Waals surface area contributed by atoms with Crippen LogP contribution in [0.25, 0.3) is 0 Å². The highest BCUT2D eigenvalue weighted by Gasteiger charge is 2.21. The molecule has 2 aromatic carbocycles. The van der Waals surface area contributed by atoms with Gasteiger partial charge in [0.2, 0.25) is 5.91 Å². The number of nitrogens with one attached hydrogen (secondary N) is 2. The quantitative estimate of drug-likeness (QED) is 0.686. The van der Waals surface area contributed by atoms with Gasteiger partial charge in [0.1, 0.15) is 6.42 Å². The van der Waals surface area contributed by atoms with Gasteiger partial charge < -0.3 is 15.4 Å². The fourth-order valence-corrected chi connectivity index (χ4v) is 2.38. The van der Waals surface area contributed by atoms with Gasteiger partial charge in [-0.2, -0.15) is 5.26 Å². The van der Waals surface area contributed by atoms with E-state index in [1.807, 2.05) is 30.3 Å². The van der Waals surface area contributed by atoms with Crippen LogP contribution in [0.4, 0.5) is 5.69 Å². The average Bonchev–Trinajstić information content (AvgIpc) is 2.71. The van der Waals surface area contributed by atoms with Gasteiger partial charge in [-0.3, -0.25) is 9.59 Å². The van der Waals surface area contributed by atoms with Gasteiger partial charge >= 0.3 is 5.97 Å². The Kier molecular flexibility index (Phi) is 7.73. The van der Waals surface area contributed by atoms with Crippen LogP contribution >= 0.6 is 0 Å². The number of ether oxygens (including phenoxy) is 1. The highest BCUT2D eigenvalue weighted by molar-refractivity contribution is 5.94. The molecule has 0 saturated heterocycles. The number of carbonyl (C=O) groups is 3. The Morgan fingerprint density at radius 3 is 2.36 bits per heavy atom. The molecule has 2 aromatic rings. The van der Waals surface area contributed by atoms with Crippen molar-refractivity contribution in [1.29, 1.82) is 5.26 Å². The van der Waals surface area contributed by atoms with Crippen molar-refractivity contribution in [2.24, 2.45) is 0 Å². The molecular weight excluding hydrogens is 358 g/mol. The predicted octanol–water partition coefficient (Wildman–Crippen LogP) is 2.79. The molecule has 0 heterocycles. The van der Waals surface area contributed by atoms with Gasteiger partial charge in [-0.15, -0.1) is 0 Å². The maximum Gasteiger partial charge on any atom is 0.338 e. The van der Waals surface area contributed by atoms with Crippen LogP contribution in [-0.2, 0) is 20.9 Å². The number of nitriles is 1. The largest absolute Gasteiger partial charge is 0.449 e. The zero-order valence-corrected chi connectivity index (χ0v) is 15.5. The molecule has 7 nitrogen and oxygen atoms in total. The molecule has 0 aliphatic heterocycles. The first-order chi connectivity index (χ1) is 13.5. The van der Waals surface area contributed by atoms with E-state index in [4.69, 9.17) is 10.00 Å². The molecular formula is C21H21N3O4. The van der Waals surface area contributed by atoms with Crippen LogP contribution < -0.4 is 10.6 Å². The van der Waals surface area contributed by atoms with E-state index < -0.39 is 18.0 Å². The van der Waals surface area contributed by atoms with Crippen molar-refractivity contribution >= 4 is 23.5 Å². The van der Waals surface area contributed by atoms with Gasteiger partial charge in [-0.05, 0) is 36.2 Å². The molecule has 0 spiro atoms. The number of nitrogens with zero attached hydrogens (tertiary/aromatic N) is 1. The number of hydrogen-bond acceptors (Lipinski definition) is 5. The number of hydrogen-bond donors (Lipinski definition) is 2. The number of esters is 1. The number of benzene rings is 2. The van der Waals surface area contributed by atoms with E-state index in [2.05, 4.69) is 10.6 Å². The van der Waals surface area contributed by atoms with E-state index in [9.17, 15) is 14.4 Å². The van der Waals surface area contributed by atoms with Gasteiger partial charge in [-0.25, -0.2) is 4.79 Å². The van der Waals surface area contributed by atoms with Crippen molar-refractivity contribution in [2.75, 3.05) is 5.32 Å². The molecule has 0 aromatic heterocycles. The van der Waals surface area contributed by atoms with Crippen molar-refractivity contribution in [3.05, 3.63) is 65.7 Å². The van der Waals surface area contributed by atoms with Gasteiger partial charge in [0, 0.05) is 12.2 Å². The van der Waals surface area contributed by atoms with Crippen LogP contribution in [0.1, 0.15) is 35.7 Å². The standard InChI is InChI=1S/C21H21N3O4/c1-2-18(20(26)23-14-15-6-4-3-5-7-15)28-21(27)16-8-10-17(11-9-16)24-19(25)12-13-22/h3-11,18H,2,12,14H2,1H3,(H,23,26)(H,24,25). The molecule has 144 valence electrons. The summed E-state index contributed by atoms with van der Waals surface area (Å²) in [6.07, 6.45) is -0.805. The van der Waals surface area contributed by atoms with E-state index in [0.717, 1.165) is 5.56 Å². The second-order valence-electron chi connectivity index (χ2n) is 5.97. The fourth-order valence-electron chi connectivity index (χ4n) is 2.38. The van der Waals surface area contributed by atoms with Crippen molar-refractivity contribution in [2.45, 2.75) is 32.4 Å². The van der Waals surface area contributed by atoms with E-state index in [1.54, 1.807) is 13.0 Å². The topological polar surface area (TPSA) is 108 Å². The molecule has 2 N–H and O–H groups in total. The summed E-state index contributed by atoms with van der Waals surface area (Å²) in [5, 5.41) is 13.8. The van der Waals surface area contributed by atoms with Gasteiger partial charge in [0.15, 0.2) is 6.10 Å². The molecule has 7 heteroatoms. The van der Waals surface area contributed by atoms with Crippen molar-refractivity contribution < 1.29 is 19.1 Å². The normalized spacial score (nSPS) is 11.0. The van der Waals surface area contributed by atoms with Crippen LogP contribution in [-0.4, -0.2) is 23.9 Å². The molecule has 0 bridgehead atoms. The molecule has 0 aliphatic rings. The van der Waals surface area contributed by atoms with E-state index in [-0.39, 0.29) is 17.9 Å². The summed E-state index contributed by atoms with van der Waals surface area (Å²) < 4.78 is 5.31. The van der Waals surface area contributed by atoms with Crippen LogP contribution in [0.3, 0.4) is 0 Å². The highest BCUT2D eigenvalue weighted by atomic mass is 16.5. The fraction of sp³-hybridized carbons (Fsp3) is 0.238. The number of rotatable bonds is 8. The molecule has 2 amide bonds. The summed E-state index contributed by atoms with van der Waals surface area (Å²) in [7, 11) is 0. The maximum absolute atomic E-state index is 12.3. The third kappa shape index (κ3) is 6.25. The minimum absolute atomic E-state index is 0.250. The maximum atomic E-state index is 12.3. The third-order valence-corrected chi connectivity index (χ3v) is 3.87. The molecule has 0 aliphatic carbocycles. The van der Waals surface area contributed by atoms with Crippen molar-refractivity contribution in [3.8, 4) is 6.07 Å². The molecule has 2 rings (SSSR count). The van der Waals surface area contributed by atoms with E-state index in [1.165, 1.54) is 24.3 Å². The van der Waals surface area contributed by atoms with E-state index in [0.29, 0.717) is 18.7 Å². The zero-order chi connectivity index (χ0) is 20.4. The highest BCUT2D eigenvalue weighted by Crippen LogP contribution is 2.13. The van der Waals surface area contributed by atoms with Crippen molar-refractivity contribution in [1.82, 2.24) is 5.32 Å². The predicted molar refractivity (Wildman–Crippen MR) is 103 cm³/mol. The van der Waals surface area contributed by atoms with Crippen LogP contribution in [0.15, 0.2) is 54.6 Å². The summed E-state index contributed by atoms with van der Waals surface area (Å²) in [6, 6.07) is 17.2. The van der Waals surface area contributed by atoms with Gasteiger partial charge in [0.05, 0.1) is 11.6 Å². The Morgan fingerprint density at radius 2 is 1.75 bits per heavy atom. The molecule has 0 radical (unpaired) electrons. The molecule has 1 atom stereocenters. The smallest absolute Gasteiger partial charge is 0.338 e. The first kappa shape index (κ1) is 20.6. The van der Waals surface area contributed by atoms with Crippen molar-refractivity contribution in [3.63, 3.8) is 0 Å². The Morgan fingerprint density at radius 1 is 1.07 bits per heavy atom. The number of anilines is 1. The first-order valence-electron chi connectivity index (χ1n) is 8.83. The Hall–Kier alpha value is -3.66. The SMILES string of the molecule is CCC(OC(=O)c1ccc(NC(=O)CC#N)cc1)C(=O)NCc1ccccc1. The van der Waals surface area contributed by atoms with Crippen LogP contribution in [0.2, 0.25) is 0 Å². The summed E-state index contributed by atoms with van der Waals surface area (Å²) in [6.45, 7) is 2.11. The lowest BCUT2D eigenvalue weighted by atomic mass is 10.2.